The summed E-state index contributed by atoms with van der Waals surface area (Å²) in [5.41, 5.74) is 0.917. The Kier molecular flexibility index (Phi) is 4.45. The highest BCUT2D eigenvalue weighted by atomic mass is 19.1. The van der Waals surface area contributed by atoms with Gasteiger partial charge in [0.2, 0.25) is 0 Å². The van der Waals surface area contributed by atoms with Gasteiger partial charge in [-0.05, 0) is 44.4 Å². The molecule has 0 amide bonds. The normalized spacial score (nSPS) is 19.2. The van der Waals surface area contributed by atoms with E-state index in [-0.39, 0.29) is 11.9 Å². The van der Waals surface area contributed by atoms with Gasteiger partial charge >= 0.3 is 0 Å². The van der Waals surface area contributed by atoms with E-state index >= 15 is 0 Å². The van der Waals surface area contributed by atoms with Gasteiger partial charge in [-0.2, -0.15) is 0 Å². The summed E-state index contributed by atoms with van der Waals surface area (Å²) in [6.45, 7) is 1.72. The first-order chi connectivity index (χ1) is 8.29. The Morgan fingerprint density at radius 1 is 1.47 bits per heavy atom. The standard InChI is InChI=1S/C13H19FN2O/c1-15-13(8-10-4-6-17-7-5-10)12-3-2-11(14)9-16-12/h2-3,9-10,13,15H,4-8H2,1H3. The SMILES string of the molecule is CNC(CC1CCOCC1)c1ccc(F)cn1. The maximum absolute atomic E-state index is 12.8. The molecule has 1 aromatic rings. The minimum Gasteiger partial charge on any atom is -0.381 e. The molecule has 17 heavy (non-hydrogen) atoms. The highest BCUT2D eigenvalue weighted by Crippen LogP contribution is 2.26. The van der Waals surface area contributed by atoms with Gasteiger partial charge in [0, 0.05) is 19.3 Å². The van der Waals surface area contributed by atoms with E-state index in [4.69, 9.17) is 4.74 Å². The van der Waals surface area contributed by atoms with E-state index in [1.807, 2.05) is 7.05 Å². The third kappa shape index (κ3) is 3.48. The molecule has 1 aliphatic heterocycles. The zero-order chi connectivity index (χ0) is 12.1. The van der Waals surface area contributed by atoms with Crippen LogP contribution in [0.15, 0.2) is 18.3 Å². The molecule has 1 saturated heterocycles. The molecule has 0 saturated carbocycles. The van der Waals surface area contributed by atoms with Crippen LogP contribution in [0.1, 0.15) is 31.0 Å². The number of halogens is 1. The maximum Gasteiger partial charge on any atom is 0.141 e. The molecule has 94 valence electrons. The molecule has 0 spiro atoms. The third-order valence-corrected chi connectivity index (χ3v) is 3.37. The summed E-state index contributed by atoms with van der Waals surface area (Å²) in [6, 6.07) is 3.44. The van der Waals surface area contributed by atoms with Crippen LogP contribution in [-0.4, -0.2) is 25.2 Å². The number of rotatable bonds is 4. The van der Waals surface area contributed by atoms with Gasteiger partial charge in [-0.3, -0.25) is 4.98 Å². The molecule has 1 aromatic heterocycles. The van der Waals surface area contributed by atoms with Crippen molar-refractivity contribution in [3.05, 3.63) is 29.8 Å². The van der Waals surface area contributed by atoms with Crippen LogP contribution < -0.4 is 5.32 Å². The number of ether oxygens (including phenoxy) is 1. The summed E-state index contributed by atoms with van der Waals surface area (Å²) >= 11 is 0. The predicted molar refractivity (Wildman–Crippen MR) is 64.2 cm³/mol. The van der Waals surface area contributed by atoms with Crippen LogP contribution >= 0.6 is 0 Å². The van der Waals surface area contributed by atoms with Gasteiger partial charge in [0.15, 0.2) is 0 Å². The van der Waals surface area contributed by atoms with E-state index in [1.54, 1.807) is 6.07 Å². The second-order valence-corrected chi connectivity index (χ2v) is 4.53. The summed E-state index contributed by atoms with van der Waals surface area (Å²) < 4.78 is 18.2. The van der Waals surface area contributed by atoms with Crippen molar-refractivity contribution in [2.24, 2.45) is 5.92 Å². The third-order valence-electron chi connectivity index (χ3n) is 3.37. The highest BCUT2D eigenvalue weighted by molar-refractivity contribution is 5.10. The molecule has 4 heteroatoms. The number of pyridine rings is 1. The lowest BCUT2D eigenvalue weighted by Crippen LogP contribution is -2.24. The Labute approximate surface area is 101 Å². The average Bonchev–Trinajstić information content (AvgIpc) is 2.38. The van der Waals surface area contributed by atoms with Gasteiger partial charge in [-0.25, -0.2) is 4.39 Å². The number of nitrogens with one attached hydrogen (secondary N) is 1. The highest BCUT2D eigenvalue weighted by Gasteiger charge is 2.20. The maximum atomic E-state index is 12.8. The van der Waals surface area contributed by atoms with E-state index in [1.165, 1.54) is 12.3 Å². The lowest BCUT2D eigenvalue weighted by molar-refractivity contribution is 0.0606. The second-order valence-electron chi connectivity index (χ2n) is 4.53. The quantitative estimate of drug-likeness (QED) is 0.874. The van der Waals surface area contributed by atoms with Crippen molar-refractivity contribution in [1.29, 1.82) is 0 Å². The summed E-state index contributed by atoms with van der Waals surface area (Å²) in [4.78, 5) is 4.15. The number of aromatic nitrogens is 1. The van der Waals surface area contributed by atoms with Gasteiger partial charge in [-0.1, -0.05) is 0 Å². The lowest BCUT2D eigenvalue weighted by atomic mass is 9.91. The molecule has 0 bridgehead atoms. The Bertz CT molecular complexity index is 336. The first-order valence-electron chi connectivity index (χ1n) is 6.16. The van der Waals surface area contributed by atoms with Gasteiger partial charge in [0.1, 0.15) is 5.82 Å². The van der Waals surface area contributed by atoms with Crippen LogP contribution in [0.4, 0.5) is 4.39 Å². The summed E-state index contributed by atoms with van der Waals surface area (Å²) in [5, 5.41) is 3.26. The summed E-state index contributed by atoms with van der Waals surface area (Å²) in [6.07, 6.45) is 4.54. The molecule has 1 aliphatic rings. The van der Waals surface area contributed by atoms with E-state index in [9.17, 15) is 4.39 Å². The zero-order valence-electron chi connectivity index (χ0n) is 10.2. The summed E-state index contributed by atoms with van der Waals surface area (Å²) in [7, 11) is 1.93. The van der Waals surface area contributed by atoms with Crippen molar-refractivity contribution in [3.63, 3.8) is 0 Å². The minimum atomic E-state index is -0.283. The Hall–Kier alpha value is -1.00. The number of hydrogen-bond donors (Lipinski definition) is 1. The molecular formula is C13H19FN2O. The van der Waals surface area contributed by atoms with Crippen LogP contribution in [0, 0.1) is 11.7 Å². The van der Waals surface area contributed by atoms with E-state index in [2.05, 4.69) is 10.3 Å². The van der Waals surface area contributed by atoms with Gasteiger partial charge in [0.05, 0.1) is 11.9 Å². The second kappa shape index (κ2) is 6.07. The van der Waals surface area contributed by atoms with E-state index in [0.717, 1.165) is 38.2 Å². The first kappa shape index (κ1) is 12.5. The number of hydrogen-bond acceptors (Lipinski definition) is 3. The molecule has 2 heterocycles. The van der Waals surface area contributed by atoms with Crippen LogP contribution in [0.25, 0.3) is 0 Å². The van der Waals surface area contributed by atoms with Crippen molar-refractivity contribution >= 4 is 0 Å². The first-order valence-corrected chi connectivity index (χ1v) is 6.16. The molecule has 1 N–H and O–H groups in total. The van der Waals surface area contributed by atoms with Gasteiger partial charge in [-0.15, -0.1) is 0 Å². The molecular weight excluding hydrogens is 219 g/mol. The van der Waals surface area contributed by atoms with E-state index < -0.39 is 0 Å². The van der Waals surface area contributed by atoms with Crippen molar-refractivity contribution in [2.45, 2.75) is 25.3 Å². The fourth-order valence-corrected chi connectivity index (χ4v) is 2.30. The molecule has 3 nitrogen and oxygen atoms in total. The van der Waals surface area contributed by atoms with Crippen molar-refractivity contribution in [1.82, 2.24) is 10.3 Å². The molecule has 0 aromatic carbocycles. The predicted octanol–water partition coefficient (Wildman–Crippen LogP) is 2.30. The largest absolute Gasteiger partial charge is 0.381 e. The van der Waals surface area contributed by atoms with Crippen LogP contribution in [0.3, 0.4) is 0 Å². The monoisotopic (exact) mass is 238 g/mol. The fraction of sp³-hybridized carbons (Fsp3) is 0.615. The smallest absolute Gasteiger partial charge is 0.141 e. The molecule has 1 unspecified atom stereocenters. The number of nitrogens with zero attached hydrogens (tertiary/aromatic N) is 1. The van der Waals surface area contributed by atoms with Crippen LogP contribution in [0.5, 0.6) is 0 Å². The Morgan fingerprint density at radius 2 is 2.24 bits per heavy atom. The van der Waals surface area contributed by atoms with Crippen LogP contribution in [-0.2, 0) is 4.74 Å². The zero-order valence-corrected chi connectivity index (χ0v) is 10.2. The Balaban J connectivity index is 1.97. The Morgan fingerprint density at radius 3 is 2.82 bits per heavy atom. The molecule has 1 atom stereocenters. The topological polar surface area (TPSA) is 34.1 Å². The van der Waals surface area contributed by atoms with Gasteiger partial charge in [0.25, 0.3) is 0 Å². The van der Waals surface area contributed by atoms with Crippen molar-refractivity contribution < 1.29 is 9.13 Å². The molecule has 0 radical (unpaired) electrons. The lowest BCUT2D eigenvalue weighted by Gasteiger charge is -2.26. The van der Waals surface area contributed by atoms with Crippen molar-refractivity contribution in [2.75, 3.05) is 20.3 Å². The van der Waals surface area contributed by atoms with Crippen molar-refractivity contribution in [3.8, 4) is 0 Å². The van der Waals surface area contributed by atoms with E-state index in [0.29, 0.717) is 5.92 Å². The molecule has 0 aliphatic carbocycles. The minimum absolute atomic E-state index is 0.207. The summed E-state index contributed by atoms with van der Waals surface area (Å²) in [5.74, 6) is 0.391. The van der Waals surface area contributed by atoms with Crippen LogP contribution in [0.2, 0.25) is 0 Å². The van der Waals surface area contributed by atoms with Gasteiger partial charge < -0.3 is 10.1 Å². The molecule has 1 fully saturated rings. The molecule has 2 rings (SSSR count). The fourth-order valence-electron chi connectivity index (χ4n) is 2.30. The average molecular weight is 238 g/mol.